The molecule has 8 nitrogen and oxygen atoms in total. The summed E-state index contributed by atoms with van der Waals surface area (Å²) in [5.74, 6) is 1.03. The second-order valence-electron chi connectivity index (χ2n) is 7.80. The van der Waals surface area contributed by atoms with Gasteiger partial charge in [0.2, 0.25) is 5.28 Å². The number of piperazine rings is 1. The highest BCUT2D eigenvalue weighted by molar-refractivity contribution is 6.33. The molecule has 1 aliphatic heterocycles. The molecule has 0 saturated carbocycles. The van der Waals surface area contributed by atoms with Crippen LogP contribution in [0.15, 0.2) is 24.4 Å². The predicted molar refractivity (Wildman–Crippen MR) is 118 cm³/mol. The van der Waals surface area contributed by atoms with Gasteiger partial charge in [0.05, 0.1) is 19.0 Å². The average Bonchev–Trinajstić information content (AvgIpc) is 2.70. The number of amides is 1. The Kier molecular flexibility index (Phi) is 6.77. The van der Waals surface area contributed by atoms with E-state index in [4.69, 9.17) is 32.7 Å². The molecule has 0 unspecified atom stereocenters. The van der Waals surface area contributed by atoms with Crippen LogP contribution in [0.1, 0.15) is 20.8 Å². The third-order valence-electron chi connectivity index (χ3n) is 4.45. The van der Waals surface area contributed by atoms with E-state index < -0.39 is 5.60 Å². The molecular weight excluding hydrogens is 429 g/mol. The normalized spacial score (nSPS) is 14.5. The molecule has 1 aliphatic rings. The second kappa shape index (κ2) is 9.14. The zero-order valence-electron chi connectivity index (χ0n) is 17.4. The summed E-state index contributed by atoms with van der Waals surface area (Å²) in [6.45, 7) is 8.17. The molecule has 162 valence electrons. The number of halogens is 2. The number of carbonyl (C=O) groups excluding carboxylic acids is 1. The minimum Gasteiger partial charge on any atom is -0.494 e. The van der Waals surface area contributed by atoms with Crippen molar-refractivity contribution in [2.24, 2.45) is 0 Å². The van der Waals surface area contributed by atoms with Crippen molar-refractivity contribution in [3.05, 3.63) is 34.7 Å². The van der Waals surface area contributed by atoms with E-state index in [2.05, 4.69) is 20.2 Å². The van der Waals surface area contributed by atoms with Crippen molar-refractivity contribution in [3.63, 3.8) is 0 Å². The first kappa shape index (κ1) is 22.2. The Morgan fingerprint density at radius 2 is 1.87 bits per heavy atom. The number of benzene rings is 1. The molecule has 0 aliphatic carbocycles. The second-order valence-corrected chi connectivity index (χ2v) is 8.54. The number of rotatable bonds is 4. The van der Waals surface area contributed by atoms with E-state index in [9.17, 15) is 4.79 Å². The van der Waals surface area contributed by atoms with Crippen LogP contribution in [0.5, 0.6) is 5.75 Å². The third kappa shape index (κ3) is 5.58. The molecule has 1 N–H and O–H groups in total. The van der Waals surface area contributed by atoms with Gasteiger partial charge < -0.3 is 24.6 Å². The van der Waals surface area contributed by atoms with Crippen LogP contribution in [0.4, 0.5) is 22.0 Å². The number of ether oxygens (including phenoxy) is 2. The molecule has 0 radical (unpaired) electrons. The zero-order valence-corrected chi connectivity index (χ0v) is 18.9. The monoisotopic (exact) mass is 453 g/mol. The minimum atomic E-state index is -0.499. The molecule has 10 heteroatoms. The van der Waals surface area contributed by atoms with Crippen LogP contribution in [0, 0.1) is 0 Å². The number of carbonyl (C=O) groups is 1. The first-order valence-corrected chi connectivity index (χ1v) is 10.3. The number of hydrogen-bond acceptors (Lipinski definition) is 7. The fourth-order valence-electron chi connectivity index (χ4n) is 3.01. The van der Waals surface area contributed by atoms with Gasteiger partial charge in [-0.3, -0.25) is 0 Å². The molecule has 1 amide bonds. The molecule has 0 bridgehead atoms. The van der Waals surface area contributed by atoms with E-state index in [1.54, 1.807) is 12.0 Å². The van der Waals surface area contributed by atoms with Gasteiger partial charge in [0.1, 0.15) is 16.4 Å². The highest BCUT2D eigenvalue weighted by atomic mass is 35.5. The zero-order chi connectivity index (χ0) is 21.9. The summed E-state index contributed by atoms with van der Waals surface area (Å²) in [7, 11) is 1.60. The number of nitrogens with one attached hydrogen (secondary N) is 1. The molecule has 1 aromatic carbocycles. The van der Waals surface area contributed by atoms with Gasteiger partial charge in [0.25, 0.3) is 0 Å². The predicted octanol–water partition coefficient (Wildman–Crippen LogP) is 4.59. The Hall–Kier alpha value is -2.45. The van der Waals surface area contributed by atoms with Gasteiger partial charge >= 0.3 is 6.09 Å². The molecule has 0 spiro atoms. The summed E-state index contributed by atoms with van der Waals surface area (Å²) >= 11 is 12.0. The van der Waals surface area contributed by atoms with E-state index in [0.29, 0.717) is 48.5 Å². The Morgan fingerprint density at radius 3 is 2.50 bits per heavy atom. The topological polar surface area (TPSA) is 79.8 Å². The van der Waals surface area contributed by atoms with E-state index in [1.165, 1.54) is 6.20 Å². The fourth-order valence-corrected chi connectivity index (χ4v) is 3.29. The number of methoxy groups -OCH3 is 1. The largest absolute Gasteiger partial charge is 0.494 e. The quantitative estimate of drug-likeness (QED) is 0.677. The number of anilines is 3. The van der Waals surface area contributed by atoms with E-state index >= 15 is 0 Å². The van der Waals surface area contributed by atoms with Crippen LogP contribution in [0.25, 0.3) is 0 Å². The highest BCUT2D eigenvalue weighted by Crippen LogP contribution is 2.34. The van der Waals surface area contributed by atoms with Crippen LogP contribution in [-0.2, 0) is 4.74 Å². The third-order valence-corrected chi connectivity index (χ3v) is 4.91. The molecule has 3 rings (SSSR count). The smallest absolute Gasteiger partial charge is 0.410 e. The summed E-state index contributed by atoms with van der Waals surface area (Å²) in [4.78, 5) is 24.1. The van der Waals surface area contributed by atoms with Crippen molar-refractivity contribution in [1.82, 2.24) is 14.9 Å². The molecule has 0 atom stereocenters. The van der Waals surface area contributed by atoms with Gasteiger partial charge in [-0.2, -0.15) is 4.98 Å². The summed E-state index contributed by atoms with van der Waals surface area (Å²) < 4.78 is 11.0. The summed E-state index contributed by atoms with van der Waals surface area (Å²) in [6, 6.07) is 5.80. The van der Waals surface area contributed by atoms with Crippen molar-refractivity contribution >= 4 is 46.5 Å². The summed E-state index contributed by atoms with van der Waals surface area (Å²) in [5.41, 5.74) is 1.19. The fraction of sp³-hybridized carbons (Fsp3) is 0.450. The van der Waals surface area contributed by atoms with E-state index in [1.807, 2.05) is 39.0 Å². The lowest BCUT2D eigenvalue weighted by Crippen LogP contribution is -2.50. The van der Waals surface area contributed by atoms with E-state index in [0.717, 1.165) is 5.69 Å². The number of aromatic nitrogens is 2. The number of nitrogens with zero attached hydrogens (tertiary/aromatic N) is 4. The first-order chi connectivity index (χ1) is 14.2. The van der Waals surface area contributed by atoms with Gasteiger partial charge in [0, 0.05) is 37.9 Å². The lowest BCUT2D eigenvalue weighted by Gasteiger charge is -2.37. The maximum Gasteiger partial charge on any atom is 0.410 e. The molecule has 30 heavy (non-hydrogen) atoms. The van der Waals surface area contributed by atoms with E-state index in [-0.39, 0.29) is 11.4 Å². The van der Waals surface area contributed by atoms with Crippen molar-refractivity contribution in [3.8, 4) is 5.75 Å². The van der Waals surface area contributed by atoms with Gasteiger partial charge in [-0.1, -0.05) is 11.6 Å². The van der Waals surface area contributed by atoms with Gasteiger partial charge in [-0.15, -0.1) is 0 Å². The average molecular weight is 454 g/mol. The van der Waals surface area contributed by atoms with Crippen molar-refractivity contribution in [1.29, 1.82) is 0 Å². The maximum absolute atomic E-state index is 12.3. The molecule has 2 aromatic rings. The van der Waals surface area contributed by atoms with Crippen molar-refractivity contribution < 1.29 is 14.3 Å². The minimum absolute atomic E-state index is 0.0975. The van der Waals surface area contributed by atoms with Gasteiger partial charge in [-0.25, -0.2) is 9.78 Å². The van der Waals surface area contributed by atoms with Crippen LogP contribution in [0.2, 0.25) is 10.3 Å². The first-order valence-electron chi connectivity index (χ1n) is 9.52. The highest BCUT2D eigenvalue weighted by Gasteiger charge is 2.26. The number of hydrogen-bond donors (Lipinski definition) is 1. The lowest BCUT2D eigenvalue weighted by molar-refractivity contribution is 0.0240. The van der Waals surface area contributed by atoms with Gasteiger partial charge in [0.15, 0.2) is 5.82 Å². The maximum atomic E-state index is 12.3. The van der Waals surface area contributed by atoms with Crippen LogP contribution >= 0.6 is 23.2 Å². The van der Waals surface area contributed by atoms with Crippen molar-refractivity contribution in [2.45, 2.75) is 26.4 Å². The Morgan fingerprint density at radius 1 is 1.17 bits per heavy atom. The molecule has 2 heterocycles. The van der Waals surface area contributed by atoms with Gasteiger partial charge in [-0.05, 0) is 44.5 Å². The van der Waals surface area contributed by atoms with Crippen LogP contribution in [-0.4, -0.2) is 59.9 Å². The molecular formula is C20H25Cl2N5O3. The Balaban J connectivity index is 1.68. The lowest BCUT2D eigenvalue weighted by atomic mass is 10.2. The standard InChI is InChI=1S/C20H25Cl2N5O3/c1-20(2,3)30-19(28)27-9-7-26(8-10-27)13-5-6-15(16(11-13)29-4)24-17-14(21)12-23-18(22)25-17/h5-6,11-12H,7-10H2,1-4H3,(H,23,24,25). The summed E-state index contributed by atoms with van der Waals surface area (Å²) in [6.07, 6.45) is 1.16. The van der Waals surface area contributed by atoms with Crippen molar-refractivity contribution in [2.75, 3.05) is 43.5 Å². The van der Waals surface area contributed by atoms with Crippen LogP contribution < -0.4 is 15.0 Å². The molecule has 1 fully saturated rings. The summed E-state index contributed by atoms with van der Waals surface area (Å²) in [5, 5.41) is 3.57. The Labute approximate surface area is 186 Å². The molecule has 1 aromatic heterocycles. The van der Waals surface area contributed by atoms with Crippen LogP contribution in [0.3, 0.4) is 0 Å². The molecule has 1 saturated heterocycles. The SMILES string of the molecule is COc1cc(N2CCN(C(=O)OC(C)(C)C)CC2)ccc1Nc1nc(Cl)ncc1Cl. The Bertz CT molecular complexity index is 912.